The van der Waals surface area contributed by atoms with Crippen molar-refractivity contribution in [3.8, 4) is 0 Å². The maximum atomic E-state index is 14.0. The van der Waals surface area contributed by atoms with E-state index in [1.165, 1.54) is 11.6 Å². The predicted octanol–water partition coefficient (Wildman–Crippen LogP) is 3.51. The summed E-state index contributed by atoms with van der Waals surface area (Å²) in [6, 6.07) is 15.2. The smallest absolute Gasteiger partial charge is 0.233 e. The lowest BCUT2D eigenvalue weighted by Gasteiger charge is -2.38. The Labute approximate surface area is 148 Å². The summed E-state index contributed by atoms with van der Waals surface area (Å²) in [4.78, 5) is 17.1. The highest BCUT2D eigenvalue weighted by atomic mass is 19.1. The lowest BCUT2D eigenvalue weighted by Crippen LogP contribution is -2.51. The minimum atomic E-state index is -0.312. The zero-order chi connectivity index (χ0) is 17.4. The average molecular weight is 338 g/mol. The van der Waals surface area contributed by atoms with Crippen molar-refractivity contribution in [2.75, 3.05) is 31.1 Å². The highest BCUT2D eigenvalue weighted by Gasteiger charge is 2.53. The van der Waals surface area contributed by atoms with Crippen LogP contribution in [0.25, 0.3) is 0 Å². The van der Waals surface area contributed by atoms with Crippen LogP contribution in [-0.4, -0.2) is 37.0 Å². The van der Waals surface area contributed by atoms with E-state index in [0.29, 0.717) is 31.9 Å². The van der Waals surface area contributed by atoms with Gasteiger partial charge in [-0.15, -0.1) is 0 Å². The molecule has 1 aliphatic heterocycles. The van der Waals surface area contributed by atoms with Crippen molar-refractivity contribution in [2.45, 2.75) is 25.2 Å². The maximum Gasteiger partial charge on any atom is 0.233 e. The molecule has 1 aliphatic carbocycles. The average Bonchev–Trinajstić information content (AvgIpc) is 3.44. The number of rotatable bonds is 3. The molecule has 1 saturated heterocycles. The van der Waals surface area contributed by atoms with Gasteiger partial charge in [0.2, 0.25) is 5.91 Å². The monoisotopic (exact) mass is 338 g/mol. The Balaban J connectivity index is 1.45. The van der Waals surface area contributed by atoms with Crippen LogP contribution in [-0.2, 0) is 10.2 Å². The molecule has 2 aliphatic rings. The molecule has 0 bridgehead atoms. The van der Waals surface area contributed by atoms with Crippen molar-refractivity contribution in [2.24, 2.45) is 0 Å². The molecule has 2 aromatic rings. The molecule has 0 aromatic heterocycles. The number of piperazine rings is 1. The van der Waals surface area contributed by atoms with Crippen LogP contribution < -0.4 is 4.90 Å². The van der Waals surface area contributed by atoms with Gasteiger partial charge in [-0.05, 0) is 37.5 Å². The van der Waals surface area contributed by atoms with Gasteiger partial charge >= 0.3 is 0 Å². The molecule has 25 heavy (non-hydrogen) atoms. The number of benzene rings is 2. The summed E-state index contributed by atoms with van der Waals surface area (Å²) >= 11 is 0. The van der Waals surface area contributed by atoms with E-state index in [2.05, 4.69) is 31.2 Å². The summed E-state index contributed by atoms with van der Waals surface area (Å²) in [5, 5.41) is 0. The number of hydrogen-bond acceptors (Lipinski definition) is 2. The molecule has 4 rings (SSSR count). The first kappa shape index (κ1) is 16.1. The molecular weight excluding hydrogens is 315 g/mol. The fraction of sp³-hybridized carbons (Fsp3) is 0.381. The van der Waals surface area contributed by atoms with Crippen LogP contribution in [0.3, 0.4) is 0 Å². The van der Waals surface area contributed by atoms with Gasteiger partial charge < -0.3 is 9.80 Å². The molecule has 0 spiro atoms. The second-order valence-electron chi connectivity index (χ2n) is 7.18. The molecule has 1 saturated carbocycles. The van der Waals surface area contributed by atoms with Gasteiger partial charge in [-0.25, -0.2) is 4.39 Å². The highest BCUT2D eigenvalue weighted by Crippen LogP contribution is 2.49. The molecule has 4 heteroatoms. The molecule has 0 N–H and O–H groups in total. The second-order valence-corrected chi connectivity index (χ2v) is 7.18. The standard InChI is InChI=1S/C21H23FN2O/c1-16-6-8-17(9-7-16)21(10-11-21)20(25)24-14-12-23(13-15-24)19-5-3-2-4-18(19)22/h2-9H,10-15H2,1H3. The van der Waals surface area contributed by atoms with Crippen molar-refractivity contribution in [1.82, 2.24) is 4.90 Å². The first-order valence-electron chi connectivity index (χ1n) is 8.96. The fourth-order valence-electron chi connectivity index (χ4n) is 3.78. The van der Waals surface area contributed by atoms with E-state index in [-0.39, 0.29) is 17.1 Å². The first-order chi connectivity index (χ1) is 12.1. The molecule has 0 unspecified atom stereocenters. The summed E-state index contributed by atoms with van der Waals surface area (Å²) in [6.07, 6.45) is 1.87. The zero-order valence-electron chi connectivity index (χ0n) is 14.5. The van der Waals surface area contributed by atoms with E-state index in [1.807, 2.05) is 21.9 Å². The highest BCUT2D eigenvalue weighted by molar-refractivity contribution is 5.91. The van der Waals surface area contributed by atoms with E-state index >= 15 is 0 Å². The van der Waals surface area contributed by atoms with Gasteiger partial charge in [0.1, 0.15) is 5.82 Å². The Bertz CT molecular complexity index is 775. The number of carbonyl (C=O) groups excluding carboxylic acids is 1. The Kier molecular flexibility index (Phi) is 3.98. The molecule has 1 amide bonds. The van der Waals surface area contributed by atoms with Crippen LogP contribution in [0.2, 0.25) is 0 Å². The third-order valence-corrected chi connectivity index (χ3v) is 5.52. The molecular formula is C21H23FN2O. The largest absolute Gasteiger partial charge is 0.366 e. The van der Waals surface area contributed by atoms with E-state index in [0.717, 1.165) is 18.4 Å². The van der Waals surface area contributed by atoms with Gasteiger partial charge in [-0.3, -0.25) is 4.79 Å². The summed E-state index contributed by atoms with van der Waals surface area (Å²) in [5.41, 5.74) is 2.67. The molecule has 3 nitrogen and oxygen atoms in total. The Morgan fingerprint density at radius 3 is 2.20 bits per heavy atom. The van der Waals surface area contributed by atoms with Crippen LogP contribution in [0.4, 0.5) is 10.1 Å². The second kappa shape index (κ2) is 6.17. The van der Waals surface area contributed by atoms with E-state index in [4.69, 9.17) is 0 Å². The van der Waals surface area contributed by atoms with Crippen molar-refractivity contribution < 1.29 is 9.18 Å². The van der Waals surface area contributed by atoms with Crippen LogP contribution in [0.15, 0.2) is 48.5 Å². The van der Waals surface area contributed by atoms with Crippen molar-refractivity contribution in [3.05, 3.63) is 65.5 Å². The van der Waals surface area contributed by atoms with Gasteiger partial charge in [-0.2, -0.15) is 0 Å². The van der Waals surface area contributed by atoms with Gasteiger partial charge in [0, 0.05) is 26.2 Å². The van der Waals surface area contributed by atoms with Crippen LogP contribution in [0.1, 0.15) is 24.0 Å². The molecule has 0 atom stereocenters. The maximum absolute atomic E-state index is 14.0. The number of carbonyl (C=O) groups is 1. The molecule has 1 heterocycles. The minimum Gasteiger partial charge on any atom is -0.366 e. The van der Waals surface area contributed by atoms with Gasteiger partial charge in [0.05, 0.1) is 11.1 Å². The SMILES string of the molecule is Cc1ccc(C2(C(=O)N3CCN(c4ccccc4F)CC3)CC2)cc1. The van der Waals surface area contributed by atoms with Crippen LogP contribution in [0, 0.1) is 12.7 Å². The number of amides is 1. The molecule has 0 radical (unpaired) electrons. The number of halogens is 1. The lowest BCUT2D eigenvalue weighted by atomic mass is 9.93. The van der Waals surface area contributed by atoms with E-state index in [1.54, 1.807) is 6.07 Å². The van der Waals surface area contributed by atoms with Gasteiger partial charge in [0.15, 0.2) is 0 Å². The normalized spacial score (nSPS) is 19.0. The summed E-state index contributed by atoms with van der Waals surface area (Å²) < 4.78 is 14.0. The zero-order valence-corrected chi connectivity index (χ0v) is 14.5. The summed E-state index contributed by atoms with van der Waals surface area (Å²) in [5.74, 6) is 0.0464. The van der Waals surface area contributed by atoms with Crippen molar-refractivity contribution in [3.63, 3.8) is 0 Å². The van der Waals surface area contributed by atoms with Crippen LogP contribution in [0.5, 0.6) is 0 Å². The summed E-state index contributed by atoms with van der Waals surface area (Å²) in [6.45, 7) is 4.72. The Morgan fingerprint density at radius 1 is 0.960 bits per heavy atom. The predicted molar refractivity (Wildman–Crippen MR) is 97.3 cm³/mol. The van der Waals surface area contributed by atoms with Crippen molar-refractivity contribution >= 4 is 11.6 Å². The number of hydrogen-bond donors (Lipinski definition) is 0. The minimum absolute atomic E-state index is 0.194. The first-order valence-corrected chi connectivity index (χ1v) is 8.96. The van der Waals surface area contributed by atoms with Gasteiger partial charge in [0.25, 0.3) is 0 Å². The fourth-order valence-corrected chi connectivity index (χ4v) is 3.78. The number of nitrogens with zero attached hydrogens (tertiary/aromatic N) is 2. The number of aryl methyl sites for hydroxylation is 1. The lowest BCUT2D eigenvalue weighted by molar-refractivity contribution is -0.134. The quantitative estimate of drug-likeness (QED) is 0.855. The third kappa shape index (κ3) is 2.90. The Hall–Kier alpha value is -2.36. The van der Waals surface area contributed by atoms with E-state index < -0.39 is 0 Å². The third-order valence-electron chi connectivity index (χ3n) is 5.52. The van der Waals surface area contributed by atoms with Crippen LogP contribution >= 0.6 is 0 Å². The number of para-hydroxylation sites is 1. The van der Waals surface area contributed by atoms with Crippen molar-refractivity contribution in [1.29, 1.82) is 0 Å². The molecule has 2 fully saturated rings. The molecule has 130 valence electrons. The number of anilines is 1. The molecule has 2 aromatic carbocycles. The van der Waals surface area contributed by atoms with Gasteiger partial charge in [-0.1, -0.05) is 42.0 Å². The topological polar surface area (TPSA) is 23.6 Å². The Morgan fingerprint density at radius 2 is 1.60 bits per heavy atom. The van der Waals surface area contributed by atoms with E-state index in [9.17, 15) is 9.18 Å². The summed E-state index contributed by atoms with van der Waals surface area (Å²) in [7, 11) is 0.